The van der Waals surface area contributed by atoms with Crippen molar-refractivity contribution in [2.45, 2.75) is 19.3 Å². The maximum Gasteiger partial charge on any atom is 0.228 e. The van der Waals surface area contributed by atoms with Crippen molar-refractivity contribution in [2.75, 3.05) is 25.5 Å². The molecule has 5 rings (SSSR count). The zero-order valence-electron chi connectivity index (χ0n) is 16.6. The second-order valence-electron chi connectivity index (χ2n) is 7.99. The molecule has 1 amide bonds. The highest BCUT2D eigenvalue weighted by atomic mass is 16.1. The molecule has 0 atom stereocenters. The summed E-state index contributed by atoms with van der Waals surface area (Å²) in [5.41, 5.74) is 5.54. The first-order valence-electron chi connectivity index (χ1n) is 10.2. The third-order valence-corrected chi connectivity index (χ3v) is 6.02. The van der Waals surface area contributed by atoms with Gasteiger partial charge in [0.15, 0.2) is 0 Å². The van der Waals surface area contributed by atoms with E-state index < -0.39 is 0 Å². The SMILES string of the molecule is CN1CCC(C(=O)Nc2ccc3c(n2)CC=C3c2ccc3ncccc3c2)CC1. The molecule has 3 heterocycles. The maximum atomic E-state index is 12.6. The molecule has 146 valence electrons. The van der Waals surface area contributed by atoms with Gasteiger partial charge in [0.2, 0.25) is 5.91 Å². The Morgan fingerprint density at radius 3 is 2.86 bits per heavy atom. The number of anilines is 1. The number of nitrogens with zero attached hydrogens (tertiary/aromatic N) is 3. The van der Waals surface area contributed by atoms with E-state index in [9.17, 15) is 4.79 Å². The van der Waals surface area contributed by atoms with Crippen LogP contribution in [0, 0.1) is 5.92 Å². The Kier molecular flexibility index (Phi) is 4.60. The number of rotatable bonds is 3. The number of allylic oxidation sites excluding steroid dienone is 1. The summed E-state index contributed by atoms with van der Waals surface area (Å²) in [5.74, 6) is 0.838. The number of hydrogen-bond donors (Lipinski definition) is 1. The smallest absolute Gasteiger partial charge is 0.228 e. The van der Waals surface area contributed by atoms with Gasteiger partial charge < -0.3 is 10.2 Å². The molecular formula is C24H24N4O. The molecule has 5 heteroatoms. The second kappa shape index (κ2) is 7.41. The minimum absolute atomic E-state index is 0.0844. The first-order valence-corrected chi connectivity index (χ1v) is 10.2. The average molecular weight is 384 g/mol. The van der Waals surface area contributed by atoms with Crippen LogP contribution in [0.1, 0.15) is 29.7 Å². The number of carbonyl (C=O) groups is 1. The number of pyridine rings is 2. The number of carbonyl (C=O) groups excluding carboxylic acids is 1. The second-order valence-corrected chi connectivity index (χ2v) is 7.99. The minimum atomic E-state index is 0.0844. The molecule has 0 radical (unpaired) electrons. The monoisotopic (exact) mass is 384 g/mol. The van der Waals surface area contributed by atoms with Crippen molar-refractivity contribution in [1.82, 2.24) is 14.9 Å². The number of likely N-dealkylation sites (tertiary alicyclic amines) is 1. The van der Waals surface area contributed by atoms with E-state index in [1.54, 1.807) is 0 Å². The lowest BCUT2D eigenvalue weighted by molar-refractivity contribution is -0.121. The van der Waals surface area contributed by atoms with Crippen LogP contribution >= 0.6 is 0 Å². The summed E-state index contributed by atoms with van der Waals surface area (Å²) in [6.45, 7) is 1.95. The summed E-state index contributed by atoms with van der Waals surface area (Å²) in [4.78, 5) is 24.0. The Morgan fingerprint density at radius 2 is 2.00 bits per heavy atom. The average Bonchev–Trinajstić information content (AvgIpc) is 3.17. The van der Waals surface area contributed by atoms with Crippen LogP contribution in [0.3, 0.4) is 0 Å². The third kappa shape index (κ3) is 3.54. The van der Waals surface area contributed by atoms with Crippen molar-refractivity contribution >= 4 is 28.2 Å². The molecule has 1 aromatic carbocycles. The number of aromatic nitrogens is 2. The molecule has 1 fully saturated rings. The van der Waals surface area contributed by atoms with Crippen LogP contribution in [0.4, 0.5) is 5.82 Å². The van der Waals surface area contributed by atoms with Gasteiger partial charge >= 0.3 is 0 Å². The van der Waals surface area contributed by atoms with E-state index in [-0.39, 0.29) is 11.8 Å². The number of benzene rings is 1. The molecule has 1 aliphatic carbocycles. The largest absolute Gasteiger partial charge is 0.310 e. The molecule has 0 unspecified atom stereocenters. The van der Waals surface area contributed by atoms with Crippen LogP contribution in [0.2, 0.25) is 0 Å². The Hall–Kier alpha value is -3.05. The van der Waals surface area contributed by atoms with Gasteiger partial charge in [-0.15, -0.1) is 0 Å². The number of hydrogen-bond acceptors (Lipinski definition) is 4. The van der Waals surface area contributed by atoms with Gasteiger partial charge in [0.25, 0.3) is 0 Å². The van der Waals surface area contributed by atoms with Crippen LogP contribution in [-0.4, -0.2) is 40.9 Å². The predicted molar refractivity (Wildman–Crippen MR) is 116 cm³/mol. The normalized spacial score (nSPS) is 17.2. The van der Waals surface area contributed by atoms with Crippen molar-refractivity contribution in [2.24, 2.45) is 5.92 Å². The molecular weight excluding hydrogens is 360 g/mol. The summed E-state index contributed by atoms with van der Waals surface area (Å²) in [6, 6.07) is 14.4. The maximum absolute atomic E-state index is 12.6. The summed E-state index contributed by atoms with van der Waals surface area (Å²) in [6.07, 6.45) is 6.65. The van der Waals surface area contributed by atoms with Crippen LogP contribution in [0.15, 0.2) is 54.7 Å². The van der Waals surface area contributed by atoms with Gasteiger partial charge in [-0.3, -0.25) is 9.78 Å². The third-order valence-electron chi connectivity index (χ3n) is 6.02. The number of amides is 1. The lowest BCUT2D eigenvalue weighted by Crippen LogP contribution is -2.36. The van der Waals surface area contributed by atoms with E-state index in [1.165, 1.54) is 11.1 Å². The van der Waals surface area contributed by atoms with Gasteiger partial charge in [0.1, 0.15) is 5.82 Å². The van der Waals surface area contributed by atoms with Gasteiger partial charge in [-0.2, -0.15) is 0 Å². The van der Waals surface area contributed by atoms with E-state index in [0.717, 1.165) is 54.5 Å². The highest BCUT2D eigenvalue weighted by molar-refractivity contribution is 5.93. The number of nitrogens with one attached hydrogen (secondary N) is 1. The van der Waals surface area contributed by atoms with E-state index in [2.05, 4.69) is 58.7 Å². The van der Waals surface area contributed by atoms with Crippen LogP contribution in [0.5, 0.6) is 0 Å². The summed E-state index contributed by atoms with van der Waals surface area (Å²) >= 11 is 0. The van der Waals surface area contributed by atoms with Gasteiger partial charge in [0, 0.05) is 29.5 Å². The van der Waals surface area contributed by atoms with Gasteiger partial charge in [-0.05, 0) is 74.4 Å². The Labute approximate surface area is 170 Å². The van der Waals surface area contributed by atoms with E-state index in [4.69, 9.17) is 4.98 Å². The van der Waals surface area contributed by atoms with Crippen molar-refractivity contribution in [1.29, 1.82) is 0 Å². The van der Waals surface area contributed by atoms with Crippen molar-refractivity contribution in [3.05, 3.63) is 71.6 Å². The van der Waals surface area contributed by atoms with Gasteiger partial charge in [-0.25, -0.2) is 4.98 Å². The van der Waals surface area contributed by atoms with Crippen molar-refractivity contribution in [3.8, 4) is 0 Å². The van der Waals surface area contributed by atoms with E-state index >= 15 is 0 Å². The topological polar surface area (TPSA) is 58.1 Å². The molecule has 5 nitrogen and oxygen atoms in total. The van der Waals surface area contributed by atoms with E-state index in [0.29, 0.717) is 5.82 Å². The predicted octanol–water partition coefficient (Wildman–Crippen LogP) is 3.90. The fourth-order valence-electron chi connectivity index (χ4n) is 4.30. The minimum Gasteiger partial charge on any atom is -0.310 e. The molecule has 0 saturated carbocycles. The van der Waals surface area contributed by atoms with Crippen molar-refractivity contribution < 1.29 is 4.79 Å². The lowest BCUT2D eigenvalue weighted by atomic mass is 9.96. The Bertz CT molecular complexity index is 1110. The van der Waals surface area contributed by atoms with Crippen LogP contribution < -0.4 is 5.32 Å². The zero-order chi connectivity index (χ0) is 19.8. The highest BCUT2D eigenvalue weighted by Gasteiger charge is 2.24. The molecule has 29 heavy (non-hydrogen) atoms. The molecule has 3 aromatic rings. The summed E-state index contributed by atoms with van der Waals surface area (Å²) in [7, 11) is 2.10. The van der Waals surface area contributed by atoms with Crippen LogP contribution in [-0.2, 0) is 11.2 Å². The fraction of sp³-hybridized carbons (Fsp3) is 0.292. The molecule has 1 N–H and O–H groups in total. The van der Waals surface area contributed by atoms with Crippen molar-refractivity contribution in [3.63, 3.8) is 0 Å². The lowest BCUT2D eigenvalue weighted by Gasteiger charge is -2.27. The first kappa shape index (κ1) is 18.0. The standard InChI is InChI=1S/C24H24N4O/c1-28-13-10-16(11-14-28)24(29)27-23-9-6-20-19(5-8-22(20)26-23)17-4-7-21-18(15-17)3-2-12-25-21/h2-7,9,12,15-16H,8,10-11,13-14H2,1H3,(H,26,27,29). The quantitative estimate of drug-likeness (QED) is 0.744. The Balaban J connectivity index is 1.34. The van der Waals surface area contributed by atoms with E-state index in [1.807, 2.05) is 18.3 Å². The number of piperidine rings is 1. The summed E-state index contributed by atoms with van der Waals surface area (Å²) < 4.78 is 0. The zero-order valence-corrected chi connectivity index (χ0v) is 16.6. The Morgan fingerprint density at radius 1 is 1.14 bits per heavy atom. The first-order chi connectivity index (χ1) is 14.2. The molecule has 2 aliphatic rings. The summed E-state index contributed by atoms with van der Waals surface area (Å²) in [5, 5.41) is 4.17. The highest BCUT2D eigenvalue weighted by Crippen LogP contribution is 2.33. The van der Waals surface area contributed by atoms with Gasteiger partial charge in [0.05, 0.1) is 11.2 Å². The molecule has 1 saturated heterocycles. The fourth-order valence-corrected chi connectivity index (χ4v) is 4.30. The number of fused-ring (bicyclic) bond motifs is 2. The molecule has 1 aliphatic heterocycles. The van der Waals surface area contributed by atoms with Crippen LogP contribution in [0.25, 0.3) is 16.5 Å². The molecule has 0 bridgehead atoms. The van der Waals surface area contributed by atoms with Gasteiger partial charge in [-0.1, -0.05) is 18.2 Å². The molecule has 2 aromatic heterocycles. The molecule has 0 spiro atoms.